The zero-order valence-electron chi connectivity index (χ0n) is 19.1. The molecule has 1 aliphatic rings. The fraction of sp³-hybridized carbons (Fsp3) is 0.375. The maximum Gasteiger partial charge on any atom is 0.252 e. The quantitative estimate of drug-likeness (QED) is 0.525. The normalized spacial score (nSPS) is 18.0. The number of hydrogen-bond donors (Lipinski definition) is 3. The van der Waals surface area contributed by atoms with E-state index >= 15 is 0 Å². The van der Waals surface area contributed by atoms with Gasteiger partial charge < -0.3 is 24.1 Å². The van der Waals surface area contributed by atoms with Gasteiger partial charge in [0.25, 0.3) is 5.91 Å². The van der Waals surface area contributed by atoms with Crippen LogP contribution >= 0.6 is 0 Å². The predicted molar refractivity (Wildman–Crippen MR) is 123 cm³/mol. The Hall–Kier alpha value is -3.23. The molecule has 4 rings (SSSR count). The summed E-state index contributed by atoms with van der Waals surface area (Å²) in [6.45, 7) is 5.19. The summed E-state index contributed by atoms with van der Waals surface area (Å²) in [7, 11) is 4.59. The van der Waals surface area contributed by atoms with Crippen molar-refractivity contribution in [1.29, 1.82) is 0 Å². The number of amides is 1. The van der Waals surface area contributed by atoms with E-state index in [0.29, 0.717) is 29.2 Å². The van der Waals surface area contributed by atoms with Crippen LogP contribution < -0.4 is 30.4 Å². The van der Waals surface area contributed by atoms with Crippen LogP contribution in [0.2, 0.25) is 0 Å². The molecule has 170 valence electrons. The van der Waals surface area contributed by atoms with E-state index in [1.54, 1.807) is 12.1 Å². The molecule has 2 unspecified atom stereocenters. The molecule has 0 saturated carbocycles. The fourth-order valence-corrected chi connectivity index (χ4v) is 4.57. The standard InChI is InChI=1S/C24H30N4O4/c1-6-28-18-10-8-7-9-16(18)14(2)22(28)17-13-21(27-26-17)25-24(29)15-11-19(30-3)23(32-5)20(12-15)31-4/h7-12,17,21,26-27H,6,13H2,1-5H3,(H,25,29). The van der Waals surface area contributed by atoms with Crippen molar-refractivity contribution < 1.29 is 19.0 Å². The smallest absolute Gasteiger partial charge is 0.252 e. The molecule has 3 N–H and O–H groups in total. The van der Waals surface area contributed by atoms with Crippen LogP contribution in [0, 0.1) is 6.92 Å². The molecule has 0 spiro atoms. The van der Waals surface area contributed by atoms with Gasteiger partial charge in [-0.25, -0.2) is 10.9 Å². The molecular weight excluding hydrogens is 408 g/mol. The van der Waals surface area contributed by atoms with E-state index in [1.165, 1.54) is 43.5 Å². The van der Waals surface area contributed by atoms with Gasteiger partial charge >= 0.3 is 0 Å². The second-order valence-corrected chi connectivity index (χ2v) is 7.79. The first-order valence-electron chi connectivity index (χ1n) is 10.7. The number of nitrogens with one attached hydrogen (secondary N) is 3. The van der Waals surface area contributed by atoms with Crippen LogP contribution in [0.3, 0.4) is 0 Å². The largest absolute Gasteiger partial charge is 0.493 e. The highest BCUT2D eigenvalue weighted by molar-refractivity contribution is 5.95. The van der Waals surface area contributed by atoms with E-state index in [9.17, 15) is 4.79 Å². The molecule has 1 saturated heterocycles. The Morgan fingerprint density at radius 3 is 2.41 bits per heavy atom. The van der Waals surface area contributed by atoms with E-state index in [4.69, 9.17) is 14.2 Å². The van der Waals surface area contributed by atoms with Gasteiger partial charge in [-0.1, -0.05) is 18.2 Å². The number of ether oxygens (including phenoxy) is 3. The van der Waals surface area contributed by atoms with Crippen molar-refractivity contribution in [3.8, 4) is 17.2 Å². The molecule has 8 heteroatoms. The van der Waals surface area contributed by atoms with Crippen LogP contribution in [0.1, 0.15) is 41.0 Å². The van der Waals surface area contributed by atoms with Crippen molar-refractivity contribution in [3.63, 3.8) is 0 Å². The highest BCUT2D eigenvalue weighted by Gasteiger charge is 2.31. The van der Waals surface area contributed by atoms with E-state index in [-0.39, 0.29) is 18.1 Å². The number of fused-ring (bicyclic) bond motifs is 1. The molecule has 1 fully saturated rings. The Labute approximate surface area is 187 Å². The average Bonchev–Trinajstić information content (AvgIpc) is 3.39. The lowest BCUT2D eigenvalue weighted by molar-refractivity contribution is 0.0931. The van der Waals surface area contributed by atoms with Gasteiger partial charge in [0.05, 0.1) is 33.5 Å². The molecule has 1 aliphatic heterocycles. The molecular formula is C24H30N4O4. The summed E-state index contributed by atoms with van der Waals surface area (Å²) in [6, 6.07) is 11.8. The number of carbonyl (C=O) groups is 1. The number of carbonyl (C=O) groups excluding carboxylic acids is 1. The lowest BCUT2D eigenvalue weighted by Gasteiger charge is -2.16. The minimum Gasteiger partial charge on any atom is -0.493 e. The summed E-state index contributed by atoms with van der Waals surface area (Å²) in [5, 5.41) is 4.31. The van der Waals surface area contributed by atoms with E-state index < -0.39 is 0 Å². The summed E-state index contributed by atoms with van der Waals surface area (Å²) >= 11 is 0. The molecule has 32 heavy (non-hydrogen) atoms. The molecule has 2 aromatic carbocycles. The number of methoxy groups -OCH3 is 3. The van der Waals surface area contributed by atoms with Gasteiger partial charge in [-0.05, 0) is 37.6 Å². The fourth-order valence-electron chi connectivity index (χ4n) is 4.57. The SMILES string of the molecule is CCn1c(C2CC(NC(=O)c3cc(OC)c(OC)c(OC)c3)NN2)c(C)c2ccccc21. The molecule has 0 radical (unpaired) electrons. The molecule has 8 nitrogen and oxygen atoms in total. The number of hydrazine groups is 1. The van der Waals surface area contributed by atoms with Crippen LogP contribution in [0.5, 0.6) is 17.2 Å². The van der Waals surface area contributed by atoms with Crippen molar-refractivity contribution >= 4 is 16.8 Å². The molecule has 0 aliphatic carbocycles. The Kier molecular flexibility index (Phi) is 6.25. The van der Waals surface area contributed by atoms with Gasteiger partial charge in [-0.15, -0.1) is 0 Å². The summed E-state index contributed by atoms with van der Waals surface area (Å²) < 4.78 is 18.4. The first kappa shape index (κ1) is 22.0. The maximum absolute atomic E-state index is 13.0. The molecule has 2 atom stereocenters. The van der Waals surface area contributed by atoms with Gasteiger partial charge in [0.15, 0.2) is 11.5 Å². The van der Waals surface area contributed by atoms with E-state index in [1.807, 2.05) is 0 Å². The first-order valence-corrected chi connectivity index (χ1v) is 10.7. The van der Waals surface area contributed by atoms with Crippen molar-refractivity contribution in [2.75, 3.05) is 21.3 Å². The van der Waals surface area contributed by atoms with Crippen LogP contribution in [-0.2, 0) is 6.54 Å². The molecule has 1 aromatic heterocycles. The van der Waals surface area contributed by atoms with Crippen molar-refractivity contribution in [2.45, 2.75) is 39.0 Å². The first-order chi connectivity index (χ1) is 15.5. The second-order valence-electron chi connectivity index (χ2n) is 7.79. The molecule has 2 heterocycles. The maximum atomic E-state index is 13.0. The van der Waals surface area contributed by atoms with E-state index in [0.717, 1.165) is 6.54 Å². The molecule has 0 bridgehead atoms. The van der Waals surface area contributed by atoms with Gasteiger partial charge in [-0.3, -0.25) is 4.79 Å². The molecule has 3 aromatic rings. The second kappa shape index (κ2) is 9.10. The summed E-state index contributed by atoms with van der Waals surface area (Å²) in [5.41, 5.74) is 10.8. The topological polar surface area (TPSA) is 85.8 Å². The lowest BCUT2D eigenvalue weighted by Crippen LogP contribution is -2.44. The predicted octanol–water partition coefficient (Wildman–Crippen LogP) is 3.29. The molecule has 1 amide bonds. The third-order valence-corrected chi connectivity index (χ3v) is 6.06. The minimum absolute atomic E-state index is 0.0765. The third-order valence-electron chi connectivity index (χ3n) is 6.06. The lowest BCUT2D eigenvalue weighted by atomic mass is 10.0. The number of para-hydroxylation sites is 1. The van der Waals surface area contributed by atoms with Crippen molar-refractivity contribution in [3.05, 3.63) is 53.2 Å². The number of hydrogen-bond acceptors (Lipinski definition) is 6. The zero-order valence-corrected chi connectivity index (χ0v) is 19.1. The monoisotopic (exact) mass is 438 g/mol. The Morgan fingerprint density at radius 1 is 1.09 bits per heavy atom. The average molecular weight is 439 g/mol. The van der Waals surface area contributed by atoms with Crippen molar-refractivity contribution in [2.24, 2.45) is 0 Å². The zero-order chi connectivity index (χ0) is 22.8. The number of aromatic nitrogens is 1. The van der Waals surface area contributed by atoms with Crippen LogP contribution in [0.15, 0.2) is 36.4 Å². The van der Waals surface area contributed by atoms with Crippen molar-refractivity contribution in [1.82, 2.24) is 20.7 Å². The van der Waals surface area contributed by atoms with E-state index in [2.05, 4.69) is 58.8 Å². The van der Waals surface area contributed by atoms with Gasteiger partial charge in [0, 0.05) is 35.1 Å². The van der Waals surface area contributed by atoms with Gasteiger partial charge in [0.1, 0.15) is 0 Å². The number of benzene rings is 2. The van der Waals surface area contributed by atoms with Gasteiger partial charge in [-0.2, -0.15) is 0 Å². The summed E-state index contributed by atoms with van der Waals surface area (Å²) in [6.07, 6.45) is 0.488. The van der Waals surface area contributed by atoms with Crippen LogP contribution in [-0.4, -0.2) is 38.0 Å². The Balaban J connectivity index is 1.54. The minimum atomic E-state index is -0.227. The van der Waals surface area contributed by atoms with Crippen LogP contribution in [0.25, 0.3) is 10.9 Å². The number of rotatable bonds is 7. The van der Waals surface area contributed by atoms with Gasteiger partial charge in [0.2, 0.25) is 5.75 Å². The number of aryl methyl sites for hydroxylation is 2. The van der Waals surface area contributed by atoms with Crippen LogP contribution in [0.4, 0.5) is 0 Å². The highest BCUT2D eigenvalue weighted by atomic mass is 16.5. The number of nitrogens with zero attached hydrogens (tertiary/aromatic N) is 1. The summed E-state index contributed by atoms with van der Waals surface area (Å²) in [5.74, 6) is 1.11. The Morgan fingerprint density at radius 2 is 1.78 bits per heavy atom. The summed E-state index contributed by atoms with van der Waals surface area (Å²) in [4.78, 5) is 13.0. The third kappa shape index (κ3) is 3.76. The Bertz CT molecular complexity index is 1120. The highest BCUT2D eigenvalue weighted by Crippen LogP contribution is 2.38.